The quantitative estimate of drug-likeness (QED) is 0.769. The third-order valence-electron chi connectivity index (χ3n) is 2.79. The molecule has 0 aliphatic rings. The summed E-state index contributed by atoms with van der Waals surface area (Å²) in [6.45, 7) is 5.89. The van der Waals surface area contributed by atoms with Crippen molar-refractivity contribution in [1.29, 1.82) is 0 Å². The van der Waals surface area contributed by atoms with Crippen molar-refractivity contribution in [2.45, 2.75) is 31.7 Å². The number of hydrogen-bond acceptors (Lipinski definition) is 6. The summed E-state index contributed by atoms with van der Waals surface area (Å²) < 4.78 is 27.0. The fourth-order valence-electron chi connectivity index (χ4n) is 1.74. The van der Waals surface area contributed by atoms with Crippen LogP contribution in [-0.4, -0.2) is 26.5 Å². The zero-order chi connectivity index (χ0) is 15.3. The number of nitrogens with one attached hydrogen (secondary N) is 2. The molecule has 0 aliphatic heterocycles. The van der Waals surface area contributed by atoms with Gasteiger partial charge in [-0.2, -0.15) is 0 Å². The van der Waals surface area contributed by atoms with Crippen LogP contribution in [0.4, 0.5) is 0 Å². The molecule has 21 heavy (non-hydrogen) atoms. The SMILES string of the molecule is CCNCc1cc(S(=O)(=O)NCCc2nc(C)cs2)cs1. The first-order valence-corrected chi connectivity index (χ1v) is 9.94. The molecule has 0 saturated heterocycles. The van der Waals surface area contributed by atoms with Gasteiger partial charge in [-0.15, -0.1) is 22.7 Å². The summed E-state index contributed by atoms with van der Waals surface area (Å²) in [5.41, 5.74) is 0.976. The maximum atomic E-state index is 12.2. The molecule has 5 nitrogen and oxygen atoms in total. The van der Waals surface area contributed by atoms with Crippen molar-refractivity contribution in [2.24, 2.45) is 0 Å². The summed E-state index contributed by atoms with van der Waals surface area (Å²) in [5, 5.41) is 7.79. The third-order valence-corrected chi connectivity index (χ3v) is 6.34. The molecule has 2 aromatic heterocycles. The minimum Gasteiger partial charge on any atom is -0.312 e. The first kappa shape index (κ1) is 16.6. The summed E-state index contributed by atoms with van der Waals surface area (Å²) >= 11 is 3.01. The monoisotopic (exact) mass is 345 g/mol. The molecular formula is C13H19N3O2S3. The van der Waals surface area contributed by atoms with Gasteiger partial charge in [-0.25, -0.2) is 18.1 Å². The van der Waals surface area contributed by atoms with Crippen LogP contribution in [0.15, 0.2) is 21.7 Å². The van der Waals surface area contributed by atoms with E-state index >= 15 is 0 Å². The van der Waals surface area contributed by atoms with Gasteiger partial charge in [0.25, 0.3) is 0 Å². The van der Waals surface area contributed by atoms with Gasteiger partial charge in [-0.05, 0) is 19.5 Å². The number of sulfonamides is 1. The lowest BCUT2D eigenvalue weighted by molar-refractivity contribution is 0.582. The van der Waals surface area contributed by atoms with E-state index in [4.69, 9.17) is 0 Å². The highest BCUT2D eigenvalue weighted by Gasteiger charge is 2.15. The van der Waals surface area contributed by atoms with Gasteiger partial charge < -0.3 is 5.32 Å². The van der Waals surface area contributed by atoms with E-state index in [9.17, 15) is 8.42 Å². The molecule has 0 atom stereocenters. The second kappa shape index (κ2) is 7.46. The lowest BCUT2D eigenvalue weighted by Crippen LogP contribution is -2.25. The van der Waals surface area contributed by atoms with Crippen molar-refractivity contribution >= 4 is 32.7 Å². The number of thiophene rings is 1. The Hall–Kier alpha value is -0.800. The van der Waals surface area contributed by atoms with Crippen molar-refractivity contribution in [3.05, 3.63) is 32.4 Å². The van der Waals surface area contributed by atoms with Crippen molar-refractivity contribution in [1.82, 2.24) is 15.0 Å². The molecule has 0 unspecified atom stereocenters. The molecule has 0 aromatic carbocycles. The largest absolute Gasteiger partial charge is 0.312 e. The minimum atomic E-state index is -3.42. The normalized spacial score (nSPS) is 11.9. The van der Waals surface area contributed by atoms with Crippen LogP contribution in [0.1, 0.15) is 22.5 Å². The van der Waals surface area contributed by atoms with Crippen molar-refractivity contribution in [3.8, 4) is 0 Å². The van der Waals surface area contributed by atoms with Crippen LogP contribution in [-0.2, 0) is 23.0 Å². The van der Waals surface area contributed by atoms with Crippen LogP contribution < -0.4 is 10.0 Å². The Balaban J connectivity index is 1.90. The predicted molar refractivity (Wildman–Crippen MR) is 87.4 cm³/mol. The van der Waals surface area contributed by atoms with Gasteiger partial charge in [-0.3, -0.25) is 0 Å². The number of rotatable bonds is 8. The molecule has 2 heterocycles. The summed E-state index contributed by atoms with van der Waals surface area (Å²) in [4.78, 5) is 5.68. The maximum absolute atomic E-state index is 12.2. The van der Waals surface area contributed by atoms with Gasteiger partial charge in [0.2, 0.25) is 10.0 Å². The number of aromatic nitrogens is 1. The zero-order valence-corrected chi connectivity index (χ0v) is 14.5. The zero-order valence-electron chi connectivity index (χ0n) is 12.0. The molecular weight excluding hydrogens is 326 g/mol. The molecule has 0 spiro atoms. The second-order valence-corrected chi connectivity index (χ2v) is 8.26. The summed E-state index contributed by atoms with van der Waals surface area (Å²) in [7, 11) is -3.42. The third kappa shape index (κ3) is 4.86. The maximum Gasteiger partial charge on any atom is 0.241 e. The van der Waals surface area contributed by atoms with E-state index in [1.54, 1.807) is 22.8 Å². The number of nitrogens with zero attached hydrogens (tertiary/aromatic N) is 1. The van der Waals surface area contributed by atoms with Crippen LogP contribution >= 0.6 is 22.7 Å². The smallest absolute Gasteiger partial charge is 0.241 e. The molecule has 0 amide bonds. The summed E-state index contributed by atoms with van der Waals surface area (Å²) in [6, 6.07) is 1.73. The van der Waals surface area contributed by atoms with Gasteiger partial charge in [-0.1, -0.05) is 6.92 Å². The number of hydrogen-bond donors (Lipinski definition) is 2. The first-order valence-electron chi connectivity index (χ1n) is 6.70. The molecule has 0 fully saturated rings. The predicted octanol–water partition coefficient (Wildman–Crippen LogP) is 2.14. The Bertz CT molecular complexity index is 676. The second-order valence-electron chi connectivity index (χ2n) is 4.56. The number of aryl methyl sites for hydroxylation is 1. The Kier molecular flexibility index (Phi) is 5.88. The van der Waals surface area contributed by atoms with E-state index in [0.717, 1.165) is 22.1 Å². The van der Waals surface area contributed by atoms with Crippen LogP contribution in [0, 0.1) is 6.92 Å². The average Bonchev–Trinajstić information content (AvgIpc) is 3.06. The van der Waals surface area contributed by atoms with Gasteiger partial charge in [0, 0.05) is 40.8 Å². The van der Waals surface area contributed by atoms with E-state index in [1.807, 2.05) is 19.2 Å². The van der Waals surface area contributed by atoms with Crippen molar-refractivity contribution in [3.63, 3.8) is 0 Å². The molecule has 2 N–H and O–H groups in total. The van der Waals surface area contributed by atoms with Crippen LogP contribution in [0.25, 0.3) is 0 Å². The van der Waals surface area contributed by atoms with Crippen LogP contribution in [0.5, 0.6) is 0 Å². The minimum absolute atomic E-state index is 0.343. The molecule has 0 radical (unpaired) electrons. The van der Waals surface area contributed by atoms with Crippen LogP contribution in [0.2, 0.25) is 0 Å². The highest BCUT2D eigenvalue weighted by Crippen LogP contribution is 2.19. The van der Waals surface area contributed by atoms with E-state index in [0.29, 0.717) is 24.4 Å². The molecule has 0 bridgehead atoms. The molecule has 2 aromatic rings. The van der Waals surface area contributed by atoms with Crippen molar-refractivity contribution < 1.29 is 8.42 Å². The molecule has 0 aliphatic carbocycles. The average molecular weight is 346 g/mol. The van der Waals surface area contributed by atoms with Gasteiger partial charge >= 0.3 is 0 Å². The van der Waals surface area contributed by atoms with E-state index in [2.05, 4.69) is 15.0 Å². The van der Waals surface area contributed by atoms with Crippen LogP contribution in [0.3, 0.4) is 0 Å². The summed E-state index contributed by atoms with van der Waals surface area (Å²) in [5.74, 6) is 0. The highest BCUT2D eigenvalue weighted by atomic mass is 32.2. The topological polar surface area (TPSA) is 71.1 Å². The standard InChI is InChI=1S/C13H19N3O2S3/c1-3-14-7-11-6-12(9-19-11)21(17,18)15-5-4-13-16-10(2)8-20-13/h6,8-9,14-15H,3-5,7H2,1-2H3. The van der Waals surface area contributed by atoms with Gasteiger partial charge in [0.05, 0.1) is 9.90 Å². The Labute approximate surface area is 133 Å². The van der Waals surface area contributed by atoms with E-state index < -0.39 is 10.0 Å². The molecule has 2 rings (SSSR count). The van der Waals surface area contributed by atoms with Crippen molar-refractivity contribution in [2.75, 3.05) is 13.1 Å². The van der Waals surface area contributed by atoms with E-state index in [-0.39, 0.29) is 0 Å². The Morgan fingerprint density at radius 1 is 1.29 bits per heavy atom. The lowest BCUT2D eigenvalue weighted by Gasteiger charge is -2.03. The Morgan fingerprint density at radius 3 is 2.76 bits per heavy atom. The van der Waals surface area contributed by atoms with Gasteiger partial charge in [0.15, 0.2) is 0 Å². The fraction of sp³-hybridized carbons (Fsp3) is 0.462. The Morgan fingerprint density at radius 2 is 2.10 bits per heavy atom. The highest BCUT2D eigenvalue weighted by molar-refractivity contribution is 7.89. The fourth-order valence-corrected chi connectivity index (χ4v) is 4.79. The molecule has 0 saturated carbocycles. The lowest BCUT2D eigenvalue weighted by atomic mass is 10.4. The molecule has 116 valence electrons. The van der Waals surface area contributed by atoms with Gasteiger partial charge in [0.1, 0.15) is 0 Å². The van der Waals surface area contributed by atoms with E-state index in [1.165, 1.54) is 11.3 Å². The number of thiazole rings is 1. The summed E-state index contributed by atoms with van der Waals surface area (Å²) in [6.07, 6.45) is 0.617. The first-order chi connectivity index (χ1) is 10.0. The molecule has 8 heteroatoms.